The normalized spacial score (nSPS) is 23.3. The average molecular weight is 287 g/mol. The Labute approximate surface area is 124 Å². The van der Waals surface area contributed by atoms with E-state index in [9.17, 15) is 5.11 Å². The third-order valence-electron chi connectivity index (χ3n) is 4.23. The average Bonchev–Trinajstić information content (AvgIpc) is 3.10. The van der Waals surface area contributed by atoms with Crippen LogP contribution in [0.5, 0.6) is 5.75 Å². The lowest BCUT2D eigenvalue weighted by Gasteiger charge is -2.07. The van der Waals surface area contributed by atoms with Gasteiger partial charge < -0.3 is 15.4 Å². The molecule has 0 aliphatic heterocycles. The van der Waals surface area contributed by atoms with Crippen LogP contribution >= 0.6 is 0 Å². The van der Waals surface area contributed by atoms with E-state index in [2.05, 4.69) is 17.1 Å². The Hall–Kier alpha value is -1.88. The lowest BCUT2D eigenvalue weighted by Crippen LogP contribution is -2.14. The second-order valence-corrected chi connectivity index (χ2v) is 6.08. The van der Waals surface area contributed by atoms with Crippen LogP contribution in [-0.2, 0) is 6.42 Å². The molecule has 0 spiro atoms. The molecule has 1 saturated carbocycles. The minimum atomic E-state index is -0.311. The number of rotatable bonds is 4. The molecular weight excluding hydrogens is 266 g/mol. The molecule has 1 aliphatic rings. The van der Waals surface area contributed by atoms with Crippen molar-refractivity contribution >= 4 is 0 Å². The SMILES string of the molecule is CC1CCC(c2noc([C@H](N)Cc3ccc(O)cc3)n2)C1. The van der Waals surface area contributed by atoms with E-state index in [1.54, 1.807) is 12.1 Å². The van der Waals surface area contributed by atoms with Crippen molar-refractivity contribution in [2.24, 2.45) is 11.7 Å². The van der Waals surface area contributed by atoms with Crippen LogP contribution in [0.25, 0.3) is 0 Å². The highest BCUT2D eigenvalue weighted by Gasteiger charge is 2.27. The fourth-order valence-corrected chi connectivity index (χ4v) is 2.98. The summed E-state index contributed by atoms with van der Waals surface area (Å²) in [7, 11) is 0. The van der Waals surface area contributed by atoms with Crippen LogP contribution in [0.15, 0.2) is 28.8 Å². The first-order valence-corrected chi connectivity index (χ1v) is 7.49. The molecule has 0 amide bonds. The van der Waals surface area contributed by atoms with Crippen LogP contribution in [0, 0.1) is 5.92 Å². The molecule has 5 heteroatoms. The Morgan fingerprint density at radius 2 is 2.10 bits per heavy atom. The van der Waals surface area contributed by atoms with Crippen molar-refractivity contribution in [1.82, 2.24) is 10.1 Å². The summed E-state index contributed by atoms with van der Waals surface area (Å²) in [5.74, 6) is 2.71. The highest BCUT2D eigenvalue weighted by atomic mass is 16.5. The van der Waals surface area contributed by atoms with Gasteiger partial charge >= 0.3 is 0 Å². The minimum absolute atomic E-state index is 0.253. The maximum Gasteiger partial charge on any atom is 0.243 e. The largest absolute Gasteiger partial charge is 0.508 e. The molecule has 2 aromatic rings. The van der Waals surface area contributed by atoms with Gasteiger partial charge in [0, 0.05) is 5.92 Å². The van der Waals surface area contributed by atoms with E-state index in [-0.39, 0.29) is 11.8 Å². The third kappa shape index (κ3) is 3.24. The number of phenolic OH excluding ortho intramolecular Hbond substituents is 1. The van der Waals surface area contributed by atoms with E-state index in [1.807, 2.05) is 12.1 Å². The quantitative estimate of drug-likeness (QED) is 0.903. The number of hydrogen-bond donors (Lipinski definition) is 2. The van der Waals surface area contributed by atoms with E-state index >= 15 is 0 Å². The number of nitrogens with zero attached hydrogens (tertiary/aromatic N) is 2. The van der Waals surface area contributed by atoms with Crippen LogP contribution in [0.3, 0.4) is 0 Å². The van der Waals surface area contributed by atoms with E-state index in [4.69, 9.17) is 10.3 Å². The first-order chi connectivity index (χ1) is 10.1. The zero-order chi connectivity index (χ0) is 14.8. The second-order valence-electron chi connectivity index (χ2n) is 6.08. The molecule has 1 aliphatic carbocycles. The predicted octanol–water partition coefficient (Wildman–Crippen LogP) is 2.92. The van der Waals surface area contributed by atoms with Crippen LogP contribution in [0.1, 0.15) is 55.4 Å². The Kier molecular flexibility index (Phi) is 3.92. The Morgan fingerprint density at radius 1 is 1.33 bits per heavy atom. The molecule has 3 atom stereocenters. The maximum atomic E-state index is 9.28. The van der Waals surface area contributed by atoms with Crippen molar-refractivity contribution in [3.63, 3.8) is 0 Å². The summed E-state index contributed by atoms with van der Waals surface area (Å²) in [5, 5.41) is 13.4. The Morgan fingerprint density at radius 3 is 2.76 bits per heavy atom. The standard InChI is InChI=1S/C16H21N3O2/c1-10-2-5-12(8-10)15-18-16(21-19-15)14(17)9-11-3-6-13(20)7-4-11/h3-4,6-7,10,12,14,20H,2,5,8-9,17H2,1H3/t10?,12?,14-/m1/s1. The first kappa shape index (κ1) is 14.1. The van der Waals surface area contributed by atoms with Crippen LogP contribution in [-0.4, -0.2) is 15.2 Å². The third-order valence-corrected chi connectivity index (χ3v) is 4.23. The monoisotopic (exact) mass is 287 g/mol. The number of hydrogen-bond acceptors (Lipinski definition) is 5. The number of aromatic hydroxyl groups is 1. The number of benzene rings is 1. The summed E-state index contributed by atoms with van der Waals surface area (Å²) < 4.78 is 5.33. The number of nitrogens with two attached hydrogens (primary N) is 1. The van der Waals surface area contributed by atoms with Crippen LogP contribution in [0.2, 0.25) is 0 Å². The van der Waals surface area contributed by atoms with Gasteiger partial charge in [-0.15, -0.1) is 0 Å². The fraction of sp³-hybridized carbons (Fsp3) is 0.500. The minimum Gasteiger partial charge on any atom is -0.508 e. The van der Waals surface area contributed by atoms with E-state index in [1.165, 1.54) is 6.42 Å². The van der Waals surface area contributed by atoms with Crippen LogP contribution < -0.4 is 5.73 Å². The van der Waals surface area contributed by atoms with Gasteiger partial charge in [0.05, 0.1) is 6.04 Å². The van der Waals surface area contributed by atoms with E-state index in [0.717, 1.165) is 30.1 Å². The molecule has 3 rings (SSSR count). The van der Waals surface area contributed by atoms with Crippen molar-refractivity contribution in [3.05, 3.63) is 41.5 Å². The smallest absolute Gasteiger partial charge is 0.243 e. The molecule has 1 aromatic carbocycles. The fourth-order valence-electron chi connectivity index (χ4n) is 2.98. The van der Waals surface area contributed by atoms with Crippen LogP contribution in [0.4, 0.5) is 0 Å². The van der Waals surface area contributed by atoms with Crippen molar-refractivity contribution in [2.75, 3.05) is 0 Å². The molecule has 3 N–H and O–H groups in total. The summed E-state index contributed by atoms with van der Waals surface area (Å²) in [4.78, 5) is 4.49. The Bertz CT molecular complexity index is 594. The molecule has 5 nitrogen and oxygen atoms in total. The molecule has 1 fully saturated rings. The molecular formula is C16H21N3O2. The molecule has 112 valence electrons. The first-order valence-electron chi connectivity index (χ1n) is 7.49. The summed E-state index contributed by atoms with van der Waals surface area (Å²) in [6.45, 7) is 2.26. The van der Waals surface area contributed by atoms with E-state index < -0.39 is 0 Å². The van der Waals surface area contributed by atoms with Crippen molar-refractivity contribution < 1.29 is 9.63 Å². The van der Waals surface area contributed by atoms with Gasteiger partial charge in [-0.2, -0.15) is 4.98 Å². The molecule has 21 heavy (non-hydrogen) atoms. The van der Waals surface area contributed by atoms with Crippen molar-refractivity contribution in [2.45, 2.75) is 44.6 Å². The topological polar surface area (TPSA) is 85.2 Å². The van der Waals surface area contributed by atoms with Gasteiger partial charge in [-0.3, -0.25) is 0 Å². The van der Waals surface area contributed by atoms with Gasteiger partial charge in [0.1, 0.15) is 5.75 Å². The van der Waals surface area contributed by atoms with Gasteiger partial charge in [-0.25, -0.2) is 0 Å². The molecule has 1 heterocycles. The Balaban J connectivity index is 1.66. The van der Waals surface area contributed by atoms with Gasteiger partial charge in [0.15, 0.2) is 5.82 Å². The van der Waals surface area contributed by atoms with E-state index in [0.29, 0.717) is 18.2 Å². The number of phenols is 1. The lowest BCUT2D eigenvalue weighted by atomic mass is 10.1. The summed E-state index contributed by atoms with van der Waals surface area (Å²) in [5.41, 5.74) is 7.18. The highest BCUT2D eigenvalue weighted by molar-refractivity contribution is 5.26. The molecule has 0 saturated heterocycles. The summed E-state index contributed by atoms with van der Waals surface area (Å²) in [6.07, 6.45) is 4.11. The maximum absolute atomic E-state index is 9.28. The zero-order valence-corrected chi connectivity index (χ0v) is 12.2. The molecule has 2 unspecified atom stereocenters. The number of aromatic nitrogens is 2. The molecule has 1 aromatic heterocycles. The lowest BCUT2D eigenvalue weighted by molar-refractivity contribution is 0.347. The van der Waals surface area contributed by atoms with Crippen molar-refractivity contribution in [3.8, 4) is 5.75 Å². The zero-order valence-electron chi connectivity index (χ0n) is 12.2. The van der Waals surface area contributed by atoms with Gasteiger partial charge in [0.2, 0.25) is 5.89 Å². The molecule has 0 radical (unpaired) electrons. The van der Waals surface area contributed by atoms with Crippen molar-refractivity contribution in [1.29, 1.82) is 0 Å². The van der Waals surface area contributed by atoms with Gasteiger partial charge in [-0.1, -0.05) is 24.2 Å². The summed E-state index contributed by atoms with van der Waals surface area (Å²) >= 11 is 0. The van der Waals surface area contributed by atoms with Gasteiger partial charge in [-0.05, 0) is 49.3 Å². The summed E-state index contributed by atoms with van der Waals surface area (Å²) in [6, 6.07) is 6.70. The second kappa shape index (κ2) is 5.85. The van der Waals surface area contributed by atoms with Gasteiger partial charge in [0.25, 0.3) is 0 Å². The highest BCUT2D eigenvalue weighted by Crippen LogP contribution is 2.36. The predicted molar refractivity (Wildman–Crippen MR) is 78.8 cm³/mol. The molecule has 0 bridgehead atoms.